The molecule has 0 bridgehead atoms. The Morgan fingerprint density at radius 2 is 1.94 bits per heavy atom. The van der Waals surface area contributed by atoms with Gasteiger partial charge >= 0.3 is 0 Å². The van der Waals surface area contributed by atoms with Crippen molar-refractivity contribution < 1.29 is 9.84 Å². The fraction of sp³-hybridized carbons (Fsp3) is 0.571. The second kappa shape index (κ2) is 5.47. The van der Waals surface area contributed by atoms with Gasteiger partial charge in [0.1, 0.15) is 0 Å². The zero-order valence-electron chi connectivity index (χ0n) is 11.1. The van der Waals surface area contributed by atoms with Gasteiger partial charge in [0, 0.05) is 13.1 Å². The summed E-state index contributed by atoms with van der Waals surface area (Å²) in [5.74, 6) is 0. The molecule has 1 aliphatic heterocycles. The van der Waals surface area contributed by atoms with Gasteiger partial charge in [0.2, 0.25) is 0 Å². The van der Waals surface area contributed by atoms with Crippen molar-refractivity contribution in [2.75, 3.05) is 18.0 Å². The van der Waals surface area contributed by atoms with Gasteiger partial charge in [0.25, 0.3) is 0 Å². The molecule has 0 aliphatic carbocycles. The van der Waals surface area contributed by atoms with E-state index in [0.29, 0.717) is 5.02 Å². The van der Waals surface area contributed by atoms with Crippen molar-refractivity contribution in [3.63, 3.8) is 0 Å². The number of hydrogen-bond acceptors (Lipinski definition) is 3. The van der Waals surface area contributed by atoms with E-state index in [2.05, 4.69) is 18.7 Å². The molecule has 100 valence electrons. The largest absolute Gasteiger partial charge is 0.389 e. The van der Waals surface area contributed by atoms with Crippen molar-refractivity contribution in [2.24, 2.45) is 0 Å². The van der Waals surface area contributed by atoms with E-state index < -0.39 is 6.10 Å². The molecule has 1 aromatic carbocycles. The lowest BCUT2D eigenvalue weighted by Gasteiger charge is -2.37. The molecule has 1 heterocycles. The third kappa shape index (κ3) is 2.97. The second-order valence-electron chi connectivity index (χ2n) is 5.05. The smallest absolute Gasteiger partial charge is 0.0762 e. The highest BCUT2D eigenvalue weighted by molar-refractivity contribution is 6.33. The van der Waals surface area contributed by atoms with E-state index in [9.17, 15) is 5.11 Å². The number of morpholine rings is 1. The number of anilines is 1. The van der Waals surface area contributed by atoms with Gasteiger partial charge < -0.3 is 14.7 Å². The van der Waals surface area contributed by atoms with E-state index in [1.807, 2.05) is 18.2 Å². The van der Waals surface area contributed by atoms with Crippen molar-refractivity contribution in [1.29, 1.82) is 0 Å². The Morgan fingerprint density at radius 1 is 1.33 bits per heavy atom. The Kier molecular flexibility index (Phi) is 4.15. The molecule has 1 N–H and O–H groups in total. The minimum Gasteiger partial charge on any atom is -0.389 e. The van der Waals surface area contributed by atoms with Crippen LogP contribution in [0.15, 0.2) is 18.2 Å². The average molecular weight is 270 g/mol. The Hall–Kier alpha value is -0.770. The maximum absolute atomic E-state index is 9.54. The third-order valence-electron chi connectivity index (χ3n) is 3.21. The topological polar surface area (TPSA) is 32.7 Å². The molecule has 4 heteroatoms. The molecule has 0 saturated carbocycles. The lowest BCUT2D eigenvalue weighted by molar-refractivity contribution is -0.00521. The van der Waals surface area contributed by atoms with Crippen molar-refractivity contribution in [3.05, 3.63) is 28.8 Å². The van der Waals surface area contributed by atoms with Crippen LogP contribution in [-0.2, 0) is 4.74 Å². The van der Waals surface area contributed by atoms with E-state index in [1.165, 1.54) is 0 Å². The highest BCUT2D eigenvalue weighted by Gasteiger charge is 2.23. The van der Waals surface area contributed by atoms with E-state index >= 15 is 0 Å². The standard InChI is InChI=1S/C14H20ClNO2/c1-9-7-16(8-10(2)18-9)14-5-4-12(11(3)17)6-13(14)15/h4-6,9-11,17H,7-8H2,1-3H3/t9-,10+,11-/m0/s1. The molecule has 0 radical (unpaired) electrons. The summed E-state index contributed by atoms with van der Waals surface area (Å²) in [6.07, 6.45) is -0.0680. The van der Waals surface area contributed by atoms with E-state index in [-0.39, 0.29) is 12.2 Å². The van der Waals surface area contributed by atoms with E-state index in [1.54, 1.807) is 6.92 Å². The number of halogens is 1. The fourth-order valence-corrected chi connectivity index (χ4v) is 2.72. The maximum atomic E-state index is 9.54. The molecule has 1 saturated heterocycles. The maximum Gasteiger partial charge on any atom is 0.0762 e. The van der Waals surface area contributed by atoms with Crippen LogP contribution in [0.4, 0.5) is 5.69 Å². The zero-order valence-corrected chi connectivity index (χ0v) is 11.8. The summed E-state index contributed by atoms with van der Waals surface area (Å²) in [6, 6.07) is 5.75. The van der Waals surface area contributed by atoms with Crippen molar-refractivity contribution in [1.82, 2.24) is 0 Å². The molecule has 0 amide bonds. The summed E-state index contributed by atoms with van der Waals surface area (Å²) in [4.78, 5) is 2.24. The molecule has 3 atom stereocenters. The molecule has 0 unspecified atom stereocenters. The molecule has 1 fully saturated rings. The summed E-state index contributed by atoms with van der Waals surface area (Å²) >= 11 is 6.31. The molecule has 0 spiro atoms. The predicted octanol–water partition coefficient (Wildman–Crippen LogP) is 3.01. The van der Waals surface area contributed by atoms with E-state index in [0.717, 1.165) is 24.3 Å². The lowest BCUT2D eigenvalue weighted by Crippen LogP contribution is -2.45. The molecule has 1 aromatic rings. The number of hydrogen-bond donors (Lipinski definition) is 1. The van der Waals surface area contributed by atoms with Crippen LogP contribution in [0.25, 0.3) is 0 Å². The molecular weight excluding hydrogens is 250 g/mol. The number of ether oxygens (including phenoxy) is 1. The number of nitrogens with zero attached hydrogens (tertiary/aromatic N) is 1. The summed E-state index contributed by atoms with van der Waals surface area (Å²) in [6.45, 7) is 7.57. The van der Waals surface area contributed by atoms with Crippen LogP contribution in [0, 0.1) is 0 Å². The lowest BCUT2D eigenvalue weighted by atomic mass is 10.1. The quantitative estimate of drug-likeness (QED) is 0.896. The van der Waals surface area contributed by atoms with Crippen molar-refractivity contribution in [2.45, 2.75) is 39.1 Å². The summed E-state index contributed by atoms with van der Waals surface area (Å²) in [5.41, 5.74) is 1.86. The minimum absolute atomic E-state index is 0.209. The number of aliphatic hydroxyl groups is 1. The highest BCUT2D eigenvalue weighted by atomic mass is 35.5. The number of aliphatic hydroxyl groups excluding tert-OH is 1. The van der Waals surface area contributed by atoms with Gasteiger partial charge in [-0.3, -0.25) is 0 Å². The van der Waals surface area contributed by atoms with Gasteiger partial charge in [-0.15, -0.1) is 0 Å². The molecule has 18 heavy (non-hydrogen) atoms. The summed E-state index contributed by atoms with van der Waals surface area (Å²) < 4.78 is 5.71. The first-order valence-electron chi connectivity index (χ1n) is 6.35. The first kappa shape index (κ1) is 13.7. The Bertz CT molecular complexity index is 412. The van der Waals surface area contributed by atoms with Crippen LogP contribution in [0.5, 0.6) is 0 Å². The van der Waals surface area contributed by atoms with Gasteiger partial charge in [-0.1, -0.05) is 17.7 Å². The number of rotatable bonds is 2. The van der Waals surface area contributed by atoms with Crippen LogP contribution in [-0.4, -0.2) is 30.4 Å². The molecule has 2 rings (SSSR count). The van der Waals surface area contributed by atoms with Crippen LogP contribution in [0.1, 0.15) is 32.4 Å². The van der Waals surface area contributed by atoms with Gasteiger partial charge in [-0.25, -0.2) is 0 Å². The monoisotopic (exact) mass is 269 g/mol. The SMILES string of the molecule is C[C@@H]1CN(c2ccc([C@H](C)O)cc2Cl)C[C@H](C)O1. The summed E-state index contributed by atoms with van der Waals surface area (Å²) in [7, 11) is 0. The Labute approximate surface area is 113 Å². The van der Waals surface area contributed by atoms with Crippen molar-refractivity contribution in [3.8, 4) is 0 Å². The summed E-state index contributed by atoms with van der Waals surface area (Å²) in [5, 5.41) is 10.2. The van der Waals surface area contributed by atoms with Crippen LogP contribution in [0.3, 0.4) is 0 Å². The van der Waals surface area contributed by atoms with Gasteiger partial charge in [0.05, 0.1) is 29.0 Å². The molecular formula is C14H20ClNO2. The van der Waals surface area contributed by atoms with Gasteiger partial charge in [-0.05, 0) is 38.5 Å². The highest BCUT2D eigenvalue weighted by Crippen LogP contribution is 2.30. The molecule has 3 nitrogen and oxygen atoms in total. The van der Waals surface area contributed by atoms with Crippen LogP contribution >= 0.6 is 11.6 Å². The normalized spacial score (nSPS) is 26.2. The van der Waals surface area contributed by atoms with Gasteiger partial charge in [0.15, 0.2) is 0 Å². The molecule has 1 aliphatic rings. The first-order chi connectivity index (χ1) is 8.47. The van der Waals surface area contributed by atoms with E-state index in [4.69, 9.17) is 16.3 Å². The van der Waals surface area contributed by atoms with Crippen LogP contribution < -0.4 is 4.90 Å². The predicted molar refractivity (Wildman–Crippen MR) is 74.3 cm³/mol. The van der Waals surface area contributed by atoms with Gasteiger partial charge in [-0.2, -0.15) is 0 Å². The van der Waals surface area contributed by atoms with Crippen LogP contribution in [0.2, 0.25) is 5.02 Å². The number of benzene rings is 1. The second-order valence-corrected chi connectivity index (χ2v) is 5.46. The third-order valence-corrected chi connectivity index (χ3v) is 3.52. The Morgan fingerprint density at radius 3 is 2.44 bits per heavy atom. The zero-order chi connectivity index (χ0) is 13.3. The Balaban J connectivity index is 2.22. The minimum atomic E-state index is -0.487. The first-order valence-corrected chi connectivity index (χ1v) is 6.73. The average Bonchev–Trinajstić information content (AvgIpc) is 2.27. The molecule has 0 aromatic heterocycles. The fourth-order valence-electron chi connectivity index (χ4n) is 2.41. The van der Waals surface area contributed by atoms with Crippen molar-refractivity contribution >= 4 is 17.3 Å².